The van der Waals surface area contributed by atoms with Crippen molar-refractivity contribution >= 4 is 5.96 Å². The Hall–Kier alpha value is -1.58. The molecule has 1 saturated carbocycles. The van der Waals surface area contributed by atoms with Gasteiger partial charge in [0.2, 0.25) is 0 Å². The number of hydrogen-bond acceptors (Lipinski definition) is 1. The Labute approximate surface area is 120 Å². The molecule has 0 spiro atoms. The Balaban J connectivity index is 1.66. The number of hydrogen-bond donors (Lipinski definition) is 2. The van der Waals surface area contributed by atoms with Crippen LogP contribution in [0.5, 0.6) is 0 Å². The van der Waals surface area contributed by atoms with Crippen molar-refractivity contribution in [3.05, 3.63) is 35.6 Å². The van der Waals surface area contributed by atoms with Gasteiger partial charge in [0.05, 0.1) is 0 Å². The molecule has 20 heavy (non-hydrogen) atoms. The number of benzene rings is 1. The molecule has 0 aromatic heterocycles. The van der Waals surface area contributed by atoms with E-state index in [-0.39, 0.29) is 5.82 Å². The first-order chi connectivity index (χ1) is 9.78. The fourth-order valence-electron chi connectivity index (χ4n) is 2.65. The molecule has 2 N–H and O–H groups in total. The van der Waals surface area contributed by atoms with Crippen molar-refractivity contribution in [2.24, 2.45) is 4.99 Å². The predicted octanol–water partition coefficient (Wildman–Crippen LogP) is 2.87. The molecule has 110 valence electrons. The third kappa shape index (κ3) is 4.83. The minimum absolute atomic E-state index is 0.158. The van der Waals surface area contributed by atoms with Crippen LogP contribution in [0.25, 0.3) is 0 Å². The molecule has 1 aliphatic rings. The van der Waals surface area contributed by atoms with Crippen molar-refractivity contribution in [1.82, 2.24) is 10.6 Å². The first kappa shape index (κ1) is 14.8. The average molecular weight is 277 g/mol. The lowest BCUT2D eigenvalue weighted by atomic mass is 10.1. The lowest BCUT2D eigenvalue weighted by Crippen LogP contribution is -2.42. The number of aliphatic imine (C=N–C) groups is 1. The summed E-state index contributed by atoms with van der Waals surface area (Å²) in [4.78, 5) is 4.24. The van der Waals surface area contributed by atoms with Crippen molar-refractivity contribution in [3.8, 4) is 0 Å². The van der Waals surface area contributed by atoms with Gasteiger partial charge in [0, 0.05) is 19.6 Å². The van der Waals surface area contributed by atoms with E-state index in [1.54, 1.807) is 19.2 Å². The van der Waals surface area contributed by atoms with E-state index in [0.29, 0.717) is 6.04 Å². The van der Waals surface area contributed by atoms with Crippen molar-refractivity contribution in [3.63, 3.8) is 0 Å². The molecule has 0 radical (unpaired) electrons. The molecule has 0 heterocycles. The first-order valence-corrected chi connectivity index (χ1v) is 7.49. The summed E-state index contributed by atoms with van der Waals surface area (Å²) in [5.74, 6) is 0.727. The minimum Gasteiger partial charge on any atom is -0.356 e. The second kappa shape index (κ2) is 7.88. The van der Waals surface area contributed by atoms with Gasteiger partial charge < -0.3 is 10.6 Å². The topological polar surface area (TPSA) is 36.4 Å². The molecule has 3 nitrogen and oxygen atoms in total. The summed E-state index contributed by atoms with van der Waals surface area (Å²) in [5.41, 5.74) is 1.05. The Kier molecular flexibility index (Phi) is 5.84. The molecule has 0 saturated heterocycles. The fraction of sp³-hybridized carbons (Fsp3) is 0.562. The summed E-state index contributed by atoms with van der Waals surface area (Å²) < 4.78 is 13.0. The lowest BCUT2D eigenvalue weighted by Gasteiger charge is -2.16. The van der Waals surface area contributed by atoms with Gasteiger partial charge in [-0.2, -0.15) is 0 Å². The molecule has 2 rings (SSSR count). The van der Waals surface area contributed by atoms with E-state index >= 15 is 0 Å². The number of halogens is 1. The summed E-state index contributed by atoms with van der Waals surface area (Å²) in [7, 11) is 1.80. The van der Waals surface area contributed by atoms with Gasteiger partial charge in [-0.3, -0.25) is 4.99 Å². The summed E-state index contributed by atoms with van der Waals surface area (Å²) in [6.45, 7) is 0.850. The number of nitrogens with zero attached hydrogens (tertiary/aromatic N) is 1. The van der Waals surface area contributed by atoms with E-state index in [2.05, 4.69) is 15.6 Å². The van der Waals surface area contributed by atoms with Crippen molar-refractivity contribution in [2.75, 3.05) is 13.6 Å². The van der Waals surface area contributed by atoms with Gasteiger partial charge in [0.15, 0.2) is 5.96 Å². The molecule has 1 aromatic carbocycles. The third-order valence-corrected chi connectivity index (χ3v) is 3.74. The molecule has 0 unspecified atom stereocenters. The minimum atomic E-state index is -0.158. The average Bonchev–Trinajstić information content (AvgIpc) is 2.95. The van der Waals surface area contributed by atoms with Crippen molar-refractivity contribution in [1.29, 1.82) is 0 Å². The van der Waals surface area contributed by atoms with Crippen LogP contribution in [0.15, 0.2) is 29.3 Å². The van der Waals surface area contributed by atoms with Crippen LogP contribution in [0.2, 0.25) is 0 Å². The second-order valence-corrected chi connectivity index (χ2v) is 5.36. The van der Waals surface area contributed by atoms with Gasteiger partial charge in [0.1, 0.15) is 5.82 Å². The lowest BCUT2D eigenvalue weighted by molar-refractivity contribution is 0.609. The predicted molar refractivity (Wildman–Crippen MR) is 81.5 cm³/mol. The van der Waals surface area contributed by atoms with Gasteiger partial charge in [-0.05, 0) is 43.4 Å². The van der Waals surface area contributed by atoms with Gasteiger partial charge >= 0.3 is 0 Å². The molecule has 0 aliphatic heterocycles. The zero-order valence-electron chi connectivity index (χ0n) is 12.2. The first-order valence-electron chi connectivity index (χ1n) is 7.49. The van der Waals surface area contributed by atoms with E-state index in [1.807, 2.05) is 6.07 Å². The van der Waals surface area contributed by atoms with Crippen LogP contribution in [0.1, 0.15) is 37.7 Å². The third-order valence-electron chi connectivity index (χ3n) is 3.74. The van der Waals surface area contributed by atoms with E-state index < -0.39 is 0 Å². The summed E-state index contributed by atoms with van der Waals surface area (Å²) >= 11 is 0. The largest absolute Gasteiger partial charge is 0.356 e. The molecular weight excluding hydrogens is 253 g/mol. The maximum atomic E-state index is 13.0. The highest BCUT2D eigenvalue weighted by molar-refractivity contribution is 5.79. The Bertz CT molecular complexity index is 439. The Morgan fingerprint density at radius 1 is 1.35 bits per heavy atom. The molecule has 1 aromatic rings. The van der Waals surface area contributed by atoms with Crippen LogP contribution >= 0.6 is 0 Å². The van der Waals surface area contributed by atoms with E-state index in [0.717, 1.165) is 30.9 Å². The van der Waals surface area contributed by atoms with Crippen LogP contribution in [0.4, 0.5) is 4.39 Å². The van der Waals surface area contributed by atoms with Gasteiger partial charge in [-0.1, -0.05) is 25.0 Å². The summed E-state index contributed by atoms with van der Waals surface area (Å²) in [6, 6.07) is 7.39. The highest BCUT2D eigenvalue weighted by Crippen LogP contribution is 2.17. The van der Waals surface area contributed by atoms with Gasteiger partial charge in [0.25, 0.3) is 0 Å². The van der Waals surface area contributed by atoms with E-state index in [4.69, 9.17) is 0 Å². The van der Waals surface area contributed by atoms with Crippen LogP contribution in [-0.2, 0) is 6.42 Å². The monoisotopic (exact) mass is 277 g/mol. The maximum absolute atomic E-state index is 13.0. The Morgan fingerprint density at radius 3 is 2.85 bits per heavy atom. The maximum Gasteiger partial charge on any atom is 0.191 e. The Morgan fingerprint density at radius 2 is 2.15 bits per heavy atom. The van der Waals surface area contributed by atoms with E-state index in [9.17, 15) is 4.39 Å². The van der Waals surface area contributed by atoms with E-state index in [1.165, 1.54) is 31.7 Å². The van der Waals surface area contributed by atoms with Crippen LogP contribution in [0.3, 0.4) is 0 Å². The molecule has 4 heteroatoms. The van der Waals surface area contributed by atoms with Gasteiger partial charge in [-0.25, -0.2) is 4.39 Å². The number of aryl methyl sites for hydroxylation is 1. The molecule has 1 fully saturated rings. The molecule has 0 amide bonds. The fourth-order valence-corrected chi connectivity index (χ4v) is 2.65. The normalized spacial score (nSPS) is 16.4. The summed E-state index contributed by atoms with van der Waals surface area (Å²) in [6.07, 6.45) is 6.95. The summed E-state index contributed by atoms with van der Waals surface area (Å²) in [5, 5.41) is 6.78. The number of guanidine groups is 1. The van der Waals surface area contributed by atoms with Crippen LogP contribution in [-0.4, -0.2) is 25.6 Å². The second-order valence-electron chi connectivity index (χ2n) is 5.36. The van der Waals surface area contributed by atoms with Crippen molar-refractivity contribution < 1.29 is 4.39 Å². The molecule has 0 bridgehead atoms. The molecule has 1 aliphatic carbocycles. The zero-order valence-corrected chi connectivity index (χ0v) is 12.2. The number of nitrogens with one attached hydrogen (secondary N) is 2. The standard InChI is InChI=1S/C16H24FN3/c1-18-16(20-15-9-2-3-10-15)19-11-5-7-13-6-4-8-14(17)12-13/h4,6,8,12,15H,2-3,5,7,9-11H2,1H3,(H2,18,19,20). The van der Waals surface area contributed by atoms with Gasteiger partial charge in [-0.15, -0.1) is 0 Å². The quantitative estimate of drug-likeness (QED) is 0.493. The molecule has 0 atom stereocenters. The number of rotatable bonds is 5. The molecular formula is C16H24FN3. The highest BCUT2D eigenvalue weighted by Gasteiger charge is 2.15. The SMILES string of the molecule is CN=C(NCCCc1cccc(F)c1)NC1CCCC1. The van der Waals surface area contributed by atoms with Crippen LogP contribution in [0, 0.1) is 5.82 Å². The highest BCUT2D eigenvalue weighted by atomic mass is 19.1. The van der Waals surface area contributed by atoms with Crippen molar-refractivity contribution in [2.45, 2.75) is 44.6 Å². The zero-order chi connectivity index (χ0) is 14.2. The smallest absolute Gasteiger partial charge is 0.191 e. The van der Waals surface area contributed by atoms with Crippen LogP contribution < -0.4 is 10.6 Å².